The van der Waals surface area contributed by atoms with Crippen molar-refractivity contribution in [3.63, 3.8) is 0 Å². The second-order valence-corrected chi connectivity index (χ2v) is 10.7. The van der Waals surface area contributed by atoms with Crippen molar-refractivity contribution < 1.29 is 19.4 Å². The minimum absolute atomic E-state index is 0. The number of aliphatic hydroxyl groups is 1. The first kappa shape index (κ1) is 27.1. The summed E-state index contributed by atoms with van der Waals surface area (Å²) in [4.78, 5) is 23.7. The lowest BCUT2D eigenvalue weighted by Gasteiger charge is -2.27. The molecular weight excluding hydrogens is 512 g/mol. The monoisotopic (exact) mass is 546 g/mol. The number of rotatable bonds is 6. The first-order valence-corrected chi connectivity index (χ1v) is 13.9. The lowest BCUT2D eigenvalue weighted by atomic mass is 9.93. The van der Waals surface area contributed by atoms with Crippen LogP contribution in [0.2, 0.25) is 0 Å². The van der Waals surface area contributed by atoms with Gasteiger partial charge in [-0.15, -0.1) is 0 Å². The fourth-order valence-corrected chi connectivity index (χ4v) is 5.93. The summed E-state index contributed by atoms with van der Waals surface area (Å²) in [5.74, 6) is 1.42. The molecule has 0 radical (unpaired) electrons. The molecule has 2 aliphatic rings. The van der Waals surface area contributed by atoms with Crippen molar-refractivity contribution >= 4 is 32.6 Å². The molecule has 3 heterocycles. The van der Waals surface area contributed by atoms with E-state index in [1.165, 1.54) is 0 Å². The second-order valence-electron chi connectivity index (χ2n) is 9.71. The Morgan fingerprint density at radius 1 is 1.03 bits per heavy atom. The zero-order valence-electron chi connectivity index (χ0n) is 21.0. The van der Waals surface area contributed by atoms with E-state index in [4.69, 9.17) is 9.47 Å². The molecule has 1 aliphatic carbocycles. The van der Waals surface area contributed by atoms with Gasteiger partial charge in [-0.05, 0) is 43.2 Å². The normalized spacial score (nSPS) is 19.4. The van der Waals surface area contributed by atoms with Crippen molar-refractivity contribution in [1.29, 1.82) is 0 Å². The number of carbonyl (C=O) groups is 1. The first-order chi connectivity index (χ1) is 18.6. The molecule has 2 aromatic carbocycles. The van der Waals surface area contributed by atoms with Gasteiger partial charge >= 0.3 is 0 Å². The first-order valence-electron chi connectivity index (χ1n) is 13.1. The highest BCUT2D eigenvalue weighted by Gasteiger charge is 2.24. The molecule has 1 saturated carbocycles. The van der Waals surface area contributed by atoms with Gasteiger partial charge in [-0.25, -0.2) is 4.98 Å². The van der Waals surface area contributed by atoms with Gasteiger partial charge in [0.1, 0.15) is 11.5 Å². The zero-order chi connectivity index (χ0) is 25.9. The number of morpholine rings is 1. The van der Waals surface area contributed by atoms with Gasteiger partial charge in [0.15, 0.2) is 5.13 Å². The summed E-state index contributed by atoms with van der Waals surface area (Å²) in [5, 5.41) is 14.5. The number of hydrogen-bond acceptors (Lipinski definition) is 8. The molecule has 2 atom stereocenters. The van der Waals surface area contributed by atoms with Crippen LogP contribution in [-0.4, -0.2) is 64.3 Å². The average Bonchev–Trinajstić information content (AvgIpc) is 3.36. The quantitative estimate of drug-likeness (QED) is 0.307. The summed E-state index contributed by atoms with van der Waals surface area (Å²) in [6.07, 6.45) is 5.41. The lowest BCUT2D eigenvalue weighted by molar-refractivity contribution is 0.0303. The molecule has 6 rings (SSSR count). The van der Waals surface area contributed by atoms with Crippen LogP contribution >= 0.6 is 11.3 Å². The van der Waals surface area contributed by atoms with E-state index < -0.39 is 0 Å². The molecule has 0 spiro atoms. The van der Waals surface area contributed by atoms with E-state index in [2.05, 4.69) is 15.3 Å². The fourth-order valence-electron chi connectivity index (χ4n) is 4.97. The number of carbonyl (C=O) groups excluding carboxylic acids is 1. The Labute approximate surface area is 232 Å². The summed E-state index contributed by atoms with van der Waals surface area (Å²) in [7, 11) is 0. The summed E-state index contributed by atoms with van der Waals surface area (Å²) in [5.41, 5.74) is 3.24. The van der Waals surface area contributed by atoms with Gasteiger partial charge in [0.2, 0.25) is 0 Å². The van der Waals surface area contributed by atoms with E-state index in [1.54, 1.807) is 17.5 Å². The molecule has 0 bridgehead atoms. The predicted octanol–water partition coefficient (Wildman–Crippen LogP) is 5.97. The third kappa shape index (κ3) is 6.21. The smallest absolute Gasteiger partial charge is 0.254 e. The molecule has 39 heavy (non-hydrogen) atoms. The van der Waals surface area contributed by atoms with Crippen molar-refractivity contribution in [1.82, 2.24) is 14.9 Å². The van der Waals surface area contributed by atoms with Crippen LogP contribution in [0, 0.1) is 0 Å². The standard InChI is InChI=1S/C29H30N4O4S.CH4/c34-26-4-2-1-3-23(26)31-29-32-24-10-9-21(18-27(24)38-29)37-22-11-12-30-25(17-22)19-5-7-20(8-6-19)28(35)33-13-15-36-16-14-33;/h5-12,17-18,23,26,34H,1-4,13-16H2,(H,31,32);1H4/t23-,26-;/m1./s1. The number of benzene rings is 2. The van der Waals surface area contributed by atoms with Crippen molar-refractivity contribution in [3.8, 4) is 22.8 Å². The number of aliphatic hydroxyl groups excluding tert-OH is 1. The number of fused-ring (bicyclic) bond motifs is 1. The summed E-state index contributed by atoms with van der Waals surface area (Å²) in [6.45, 7) is 2.41. The van der Waals surface area contributed by atoms with Crippen molar-refractivity contribution in [3.05, 3.63) is 66.4 Å². The predicted molar refractivity (Wildman–Crippen MR) is 155 cm³/mol. The maximum atomic E-state index is 12.7. The third-order valence-corrected chi connectivity index (χ3v) is 8.04. The van der Waals surface area contributed by atoms with Gasteiger partial charge in [0.05, 0.1) is 41.3 Å². The van der Waals surface area contributed by atoms with Crippen LogP contribution in [0.4, 0.5) is 5.13 Å². The van der Waals surface area contributed by atoms with Gasteiger partial charge < -0.3 is 24.8 Å². The highest BCUT2D eigenvalue weighted by atomic mass is 32.1. The zero-order valence-corrected chi connectivity index (χ0v) is 21.8. The maximum absolute atomic E-state index is 12.7. The van der Waals surface area contributed by atoms with E-state index in [9.17, 15) is 9.90 Å². The van der Waals surface area contributed by atoms with Gasteiger partial charge in [0, 0.05) is 42.5 Å². The molecule has 9 heteroatoms. The lowest BCUT2D eigenvalue weighted by Crippen LogP contribution is -2.40. The van der Waals surface area contributed by atoms with Gasteiger partial charge in [-0.3, -0.25) is 9.78 Å². The topological polar surface area (TPSA) is 96.8 Å². The molecule has 1 saturated heterocycles. The largest absolute Gasteiger partial charge is 0.457 e. The minimum atomic E-state index is -0.322. The van der Waals surface area contributed by atoms with Gasteiger partial charge in [-0.2, -0.15) is 0 Å². The second kappa shape index (κ2) is 12.1. The van der Waals surface area contributed by atoms with Crippen LogP contribution in [0.15, 0.2) is 60.8 Å². The number of hydrogen-bond donors (Lipinski definition) is 2. The van der Waals surface area contributed by atoms with E-state index in [0.29, 0.717) is 43.4 Å². The van der Waals surface area contributed by atoms with Crippen LogP contribution in [0.1, 0.15) is 43.5 Å². The minimum Gasteiger partial charge on any atom is -0.457 e. The maximum Gasteiger partial charge on any atom is 0.254 e. The molecule has 2 aromatic heterocycles. The molecule has 2 N–H and O–H groups in total. The SMILES string of the molecule is C.O=C(c1ccc(-c2cc(Oc3ccc4nc(N[C@@H]5CCCC[C@H]5O)sc4c3)ccn2)cc1)N1CCOCC1. The highest BCUT2D eigenvalue weighted by Crippen LogP contribution is 2.33. The van der Waals surface area contributed by atoms with E-state index in [1.807, 2.05) is 59.5 Å². The fraction of sp³-hybridized carbons (Fsp3) is 0.367. The third-order valence-electron chi connectivity index (χ3n) is 7.09. The van der Waals surface area contributed by atoms with Crippen LogP contribution in [0.5, 0.6) is 11.5 Å². The summed E-state index contributed by atoms with van der Waals surface area (Å²) in [6, 6.07) is 17.2. The van der Waals surface area contributed by atoms with Crippen molar-refractivity contribution in [2.24, 2.45) is 0 Å². The average molecular weight is 547 g/mol. The van der Waals surface area contributed by atoms with Crippen molar-refractivity contribution in [2.75, 3.05) is 31.6 Å². The van der Waals surface area contributed by atoms with Crippen LogP contribution < -0.4 is 10.1 Å². The number of amides is 1. The molecule has 0 unspecified atom stereocenters. The molecule has 8 nitrogen and oxygen atoms in total. The van der Waals surface area contributed by atoms with Crippen LogP contribution in [-0.2, 0) is 4.74 Å². The number of nitrogens with zero attached hydrogens (tertiary/aromatic N) is 3. The molecule has 1 amide bonds. The number of pyridine rings is 1. The number of anilines is 1. The Morgan fingerprint density at radius 2 is 1.79 bits per heavy atom. The molecule has 2 fully saturated rings. The highest BCUT2D eigenvalue weighted by molar-refractivity contribution is 7.22. The Balaban J connectivity index is 0.00000308. The molecule has 204 valence electrons. The number of thiazole rings is 1. The summed E-state index contributed by atoms with van der Waals surface area (Å²) >= 11 is 1.57. The Morgan fingerprint density at radius 3 is 2.59 bits per heavy atom. The number of ether oxygens (including phenoxy) is 2. The Kier molecular flexibility index (Phi) is 8.40. The summed E-state index contributed by atoms with van der Waals surface area (Å²) < 4.78 is 12.5. The van der Waals surface area contributed by atoms with E-state index in [0.717, 1.165) is 52.3 Å². The van der Waals surface area contributed by atoms with Crippen LogP contribution in [0.25, 0.3) is 21.5 Å². The number of aromatic nitrogens is 2. The van der Waals surface area contributed by atoms with Gasteiger partial charge in [-0.1, -0.05) is 43.7 Å². The number of nitrogens with one attached hydrogen (secondary N) is 1. The van der Waals surface area contributed by atoms with Gasteiger partial charge in [0.25, 0.3) is 5.91 Å². The molecule has 1 aliphatic heterocycles. The Hall–Kier alpha value is -3.53. The van der Waals surface area contributed by atoms with E-state index in [-0.39, 0.29) is 25.5 Å². The molecule has 4 aromatic rings. The van der Waals surface area contributed by atoms with Crippen molar-refractivity contribution in [2.45, 2.75) is 45.3 Å². The molecular formula is C30H34N4O4S. The Bertz CT molecular complexity index is 1420. The van der Waals surface area contributed by atoms with Crippen LogP contribution in [0.3, 0.4) is 0 Å². The van der Waals surface area contributed by atoms with E-state index >= 15 is 0 Å².